The molecule has 9 nitrogen and oxygen atoms in total. The second-order valence-electron chi connectivity index (χ2n) is 7.64. The lowest BCUT2D eigenvalue weighted by Crippen LogP contribution is -2.23. The van der Waals surface area contributed by atoms with Crippen LogP contribution in [0.25, 0.3) is 10.9 Å². The van der Waals surface area contributed by atoms with Gasteiger partial charge in [-0.05, 0) is 38.1 Å². The zero-order chi connectivity index (χ0) is 23.6. The van der Waals surface area contributed by atoms with Gasteiger partial charge in [-0.2, -0.15) is 9.78 Å². The van der Waals surface area contributed by atoms with E-state index in [0.29, 0.717) is 22.3 Å². The van der Waals surface area contributed by atoms with Crippen LogP contribution in [0.15, 0.2) is 44.7 Å². The quantitative estimate of drug-likeness (QED) is 0.259. The highest BCUT2D eigenvalue weighted by molar-refractivity contribution is 9.10. The summed E-state index contributed by atoms with van der Waals surface area (Å²) >= 11 is 3.37. The smallest absolute Gasteiger partial charge is 0.315 e. The lowest BCUT2D eigenvalue weighted by Gasteiger charge is -2.14. The molecule has 0 aliphatic rings. The molecule has 168 valence electrons. The molecule has 0 aliphatic carbocycles. The summed E-state index contributed by atoms with van der Waals surface area (Å²) in [4.78, 5) is 28.8. The average molecular weight is 503 g/mol. The molecule has 0 saturated heterocycles. The van der Waals surface area contributed by atoms with E-state index in [0.717, 1.165) is 4.47 Å². The minimum atomic E-state index is -0.543. The van der Waals surface area contributed by atoms with Crippen LogP contribution in [0.5, 0.6) is 11.5 Å². The fraction of sp³-hybridized carbons (Fsp3) is 0.318. The molecule has 0 saturated carbocycles. The van der Waals surface area contributed by atoms with Gasteiger partial charge in [0.25, 0.3) is 5.56 Å². The number of fused-ring (bicyclic) bond motifs is 1. The van der Waals surface area contributed by atoms with E-state index in [1.54, 1.807) is 32.0 Å². The maximum absolute atomic E-state index is 13.1. The molecule has 0 spiro atoms. The number of hydrogen-bond acceptors (Lipinski definition) is 7. The summed E-state index contributed by atoms with van der Waals surface area (Å²) < 4.78 is 12.9. The van der Waals surface area contributed by atoms with Crippen LogP contribution in [-0.4, -0.2) is 34.0 Å². The van der Waals surface area contributed by atoms with E-state index in [2.05, 4.69) is 26.0 Å². The van der Waals surface area contributed by atoms with E-state index < -0.39 is 4.92 Å². The highest BCUT2D eigenvalue weighted by atomic mass is 79.9. The van der Waals surface area contributed by atoms with E-state index in [-0.39, 0.29) is 34.8 Å². The Labute approximate surface area is 193 Å². The molecule has 10 heteroatoms. The lowest BCUT2D eigenvalue weighted by atomic mass is 10.1. The predicted octanol–water partition coefficient (Wildman–Crippen LogP) is 4.87. The van der Waals surface area contributed by atoms with Crippen molar-refractivity contribution in [3.8, 4) is 11.5 Å². The molecule has 2 aromatic carbocycles. The Morgan fingerprint density at radius 3 is 2.53 bits per heavy atom. The Bertz CT molecular complexity index is 1270. The summed E-state index contributed by atoms with van der Waals surface area (Å²) in [5.74, 6) is 0.633. The number of aromatic nitrogens is 2. The van der Waals surface area contributed by atoms with Gasteiger partial charge in [-0.1, -0.05) is 29.8 Å². The minimum Gasteiger partial charge on any atom is -0.493 e. The standard InChI is InChI=1S/C22H23BrN4O5/c1-12(2)21-25-17-7-6-15(23)10-16(17)22(28)26(21)24-11-14-8-18(27(29)30)20(32-13(3)4)19(9-14)31-5/h6-13H,1-5H3. The molecule has 0 N–H and O–H groups in total. The van der Waals surface area contributed by atoms with Crippen LogP contribution in [0, 0.1) is 10.1 Å². The molecule has 0 amide bonds. The van der Waals surface area contributed by atoms with Crippen molar-refractivity contribution >= 4 is 38.7 Å². The van der Waals surface area contributed by atoms with Gasteiger partial charge in [0.1, 0.15) is 5.82 Å². The van der Waals surface area contributed by atoms with Crippen LogP contribution in [0.2, 0.25) is 0 Å². The average Bonchev–Trinajstić information content (AvgIpc) is 2.73. The van der Waals surface area contributed by atoms with Crippen molar-refractivity contribution in [2.75, 3.05) is 7.11 Å². The van der Waals surface area contributed by atoms with Crippen molar-refractivity contribution in [2.24, 2.45) is 5.10 Å². The van der Waals surface area contributed by atoms with Crippen LogP contribution in [0.4, 0.5) is 5.69 Å². The highest BCUT2D eigenvalue weighted by Crippen LogP contribution is 2.38. The van der Waals surface area contributed by atoms with Gasteiger partial charge in [0.2, 0.25) is 5.75 Å². The first-order valence-electron chi connectivity index (χ1n) is 9.92. The molecular weight excluding hydrogens is 480 g/mol. The second kappa shape index (κ2) is 9.47. The van der Waals surface area contributed by atoms with Crippen LogP contribution < -0.4 is 15.0 Å². The topological polar surface area (TPSA) is 109 Å². The van der Waals surface area contributed by atoms with E-state index >= 15 is 0 Å². The van der Waals surface area contributed by atoms with Crippen LogP contribution in [0.3, 0.4) is 0 Å². The molecule has 0 atom stereocenters. The Kier molecular flexibility index (Phi) is 6.93. The van der Waals surface area contributed by atoms with Gasteiger partial charge >= 0.3 is 5.69 Å². The van der Waals surface area contributed by atoms with Crippen molar-refractivity contribution < 1.29 is 14.4 Å². The number of benzene rings is 2. The predicted molar refractivity (Wildman–Crippen MR) is 126 cm³/mol. The monoisotopic (exact) mass is 502 g/mol. The van der Waals surface area contributed by atoms with Crippen molar-refractivity contribution in [2.45, 2.75) is 39.7 Å². The van der Waals surface area contributed by atoms with Crippen molar-refractivity contribution in [3.05, 3.63) is 66.7 Å². The number of methoxy groups -OCH3 is 1. The fourth-order valence-electron chi connectivity index (χ4n) is 3.10. The molecular formula is C22H23BrN4O5. The first-order valence-corrected chi connectivity index (χ1v) is 10.7. The minimum absolute atomic E-state index is 0.0434. The Morgan fingerprint density at radius 1 is 1.22 bits per heavy atom. The lowest BCUT2D eigenvalue weighted by molar-refractivity contribution is -0.386. The number of rotatable bonds is 7. The number of nitro benzene ring substituents is 1. The SMILES string of the molecule is COc1cc(C=Nn2c(C(C)C)nc3ccc(Br)cc3c2=O)cc([N+](=O)[O-])c1OC(C)C. The van der Waals surface area contributed by atoms with Crippen molar-refractivity contribution in [1.29, 1.82) is 0 Å². The number of halogens is 1. The van der Waals surface area contributed by atoms with Gasteiger partial charge in [0, 0.05) is 22.0 Å². The first-order chi connectivity index (χ1) is 15.1. The largest absolute Gasteiger partial charge is 0.493 e. The number of nitro groups is 1. The zero-order valence-corrected chi connectivity index (χ0v) is 19.9. The number of hydrogen-bond donors (Lipinski definition) is 0. The van der Waals surface area contributed by atoms with E-state index in [9.17, 15) is 14.9 Å². The third-order valence-electron chi connectivity index (χ3n) is 4.50. The Balaban J connectivity index is 2.17. The third kappa shape index (κ3) is 4.80. The molecule has 3 rings (SSSR count). The third-order valence-corrected chi connectivity index (χ3v) is 4.99. The Morgan fingerprint density at radius 2 is 1.94 bits per heavy atom. The summed E-state index contributed by atoms with van der Waals surface area (Å²) in [5.41, 5.74) is 0.357. The van der Waals surface area contributed by atoms with Crippen LogP contribution >= 0.6 is 15.9 Å². The summed E-state index contributed by atoms with van der Waals surface area (Å²) in [7, 11) is 1.40. The molecule has 1 heterocycles. The van der Waals surface area contributed by atoms with Gasteiger partial charge in [-0.25, -0.2) is 4.98 Å². The molecule has 0 fully saturated rings. The molecule has 0 radical (unpaired) electrons. The van der Waals surface area contributed by atoms with Crippen LogP contribution in [-0.2, 0) is 0 Å². The normalized spacial score (nSPS) is 11.6. The van der Waals surface area contributed by atoms with Gasteiger partial charge in [0.15, 0.2) is 5.75 Å². The van der Waals surface area contributed by atoms with E-state index in [1.807, 2.05) is 19.9 Å². The van der Waals surface area contributed by atoms with Gasteiger partial charge < -0.3 is 9.47 Å². The summed E-state index contributed by atoms with van der Waals surface area (Å²) in [6, 6.07) is 8.17. The zero-order valence-electron chi connectivity index (χ0n) is 18.3. The molecule has 0 aliphatic heterocycles. The molecule has 3 aromatic rings. The molecule has 0 unspecified atom stereocenters. The Hall–Kier alpha value is -3.27. The maximum Gasteiger partial charge on any atom is 0.315 e. The summed E-state index contributed by atoms with van der Waals surface area (Å²) in [6.45, 7) is 7.35. The van der Waals surface area contributed by atoms with E-state index in [1.165, 1.54) is 24.1 Å². The number of nitrogens with zero attached hydrogens (tertiary/aromatic N) is 4. The fourth-order valence-corrected chi connectivity index (χ4v) is 3.46. The van der Waals surface area contributed by atoms with Crippen molar-refractivity contribution in [1.82, 2.24) is 9.66 Å². The summed E-state index contributed by atoms with van der Waals surface area (Å²) in [5, 5.41) is 16.4. The van der Waals surface area contributed by atoms with Gasteiger partial charge in [-0.3, -0.25) is 14.9 Å². The number of ether oxygens (including phenoxy) is 2. The maximum atomic E-state index is 13.1. The van der Waals surface area contributed by atoms with Crippen molar-refractivity contribution in [3.63, 3.8) is 0 Å². The molecule has 32 heavy (non-hydrogen) atoms. The van der Waals surface area contributed by atoms with E-state index in [4.69, 9.17) is 9.47 Å². The van der Waals surface area contributed by atoms with Crippen LogP contribution in [0.1, 0.15) is 45.0 Å². The van der Waals surface area contributed by atoms with Gasteiger partial charge in [0.05, 0.1) is 35.3 Å². The van der Waals surface area contributed by atoms with Gasteiger partial charge in [-0.15, -0.1) is 0 Å². The highest BCUT2D eigenvalue weighted by Gasteiger charge is 2.23. The summed E-state index contributed by atoms with van der Waals surface area (Å²) in [6.07, 6.45) is 1.09. The molecule has 1 aromatic heterocycles. The molecule has 0 bridgehead atoms. The second-order valence-corrected chi connectivity index (χ2v) is 8.56. The first kappa shape index (κ1) is 23.4.